The van der Waals surface area contributed by atoms with Crippen LogP contribution < -0.4 is 5.32 Å². The summed E-state index contributed by atoms with van der Waals surface area (Å²) < 4.78 is 1.40. The molecule has 0 saturated carbocycles. The SMILES string of the molecule is CC(NCC1CCSC1)c1cc2ccccc2s1. The number of rotatable bonds is 4. The first kappa shape index (κ1) is 12.5. The van der Waals surface area contributed by atoms with Crippen LogP contribution in [0.3, 0.4) is 0 Å². The van der Waals surface area contributed by atoms with Crippen LogP contribution >= 0.6 is 23.1 Å². The molecule has 1 saturated heterocycles. The fraction of sp³-hybridized carbons (Fsp3) is 0.467. The molecule has 3 rings (SSSR count). The Bertz CT molecular complexity index is 481. The molecule has 1 aliphatic rings. The first-order valence-electron chi connectivity index (χ1n) is 6.62. The third kappa shape index (κ3) is 2.73. The van der Waals surface area contributed by atoms with Gasteiger partial charge in [-0.2, -0.15) is 11.8 Å². The molecule has 0 aliphatic carbocycles. The van der Waals surface area contributed by atoms with Gasteiger partial charge in [-0.05, 0) is 54.8 Å². The van der Waals surface area contributed by atoms with E-state index in [2.05, 4.69) is 54.3 Å². The maximum atomic E-state index is 3.70. The number of thiophene rings is 1. The van der Waals surface area contributed by atoms with Crippen molar-refractivity contribution >= 4 is 33.2 Å². The summed E-state index contributed by atoms with van der Waals surface area (Å²) in [4.78, 5) is 1.46. The maximum Gasteiger partial charge on any atom is 0.0386 e. The number of nitrogens with one attached hydrogen (secondary N) is 1. The van der Waals surface area contributed by atoms with Crippen molar-refractivity contribution in [3.05, 3.63) is 35.2 Å². The number of hydrogen-bond acceptors (Lipinski definition) is 3. The number of thioether (sulfide) groups is 1. The first-order valence-corrected chi connectivity index (χ1v) is 8.59. The molecule has 0 spiro atoms. The van der Waals surface area contributed by atoms with Gasteiger partial charge >= 0.3 is 0 Å². The molecule has 0 radical (unpaired) electrons. The molecule has 2 aromatic rings. The van der Waals surface area contributed by atoms with E-state index in [1.54, 1.807) is 0 Å². The summed E-state index contributed by atoms with van der Waals surface area (Å²) in [6, 6.07) is 11.5. The molecule has 18 heavy (non-hydrogen) atoms. The monoisotopic (exact) mass is 277 g/mol. The van der Waals surface area contributed by atoms with Gasteiger partial charge < -0.3 is 5.32 Å². The Morgan fingerprint density at radius 1 is 1.39 bits per heavy atom. The lowest BCUT2D eigenvalue weighted by Crippen LogP contribution is -2.25. The van der Waals surface area contributed by atoms with Gasteiger partial charge in [-0.25, -0.2) is 0 Å². The van der Waals surface area contributed by atoms with Crippen molar-refractivity contribution in [2.24, 2.45) is 5.92 Å². The molecule has 1 aromatic carbocycles. The van der Waals surface area contributed by atoms with Crippen LogP contribution in [0, 0.1) is 5.92 Å². The predicted octanol–water partition coefficient (Wildman–Crippen LogP) is 4.31. The minimum Gasteiger partial charge on any atom is -0.309 e. The van der Waals surface area contributed by atoms with E-state index in [1.165, 1.54) is 39.4 Å². The molecule has 2 heterocycles. The zero-order valence-electron chi connectivity index (χ0n) is 10.7. The Morgan fingerprint density at radius 3 is 3.06 bits per heavy atom. The largest absolute Gasteiger partial charge is 0.309 e. The summed E-state index contributed by atoms with van der Waals surface area (Å²) in [5, 5.41) is 5.08. The molecule has 0 amide bonds. The normalized spacial score (nSPS) is 21.5. The standard InChI is InChI=1S/C15H19NS2/c1-11(16-9-12-6-7-17-10-12)15-8-13-4-2-3-5-14(13)18-15/h2-5,8,11-12,16H,6-7,9-10H2,1H3. The predicted molar refractivity (Wildman–Crippen MR) is 83.7 cm³/mol. The van der Waals surface area contributed by atoms with Crippen molar-refractivity contribution in [2.45, 2.75) is 19.4 Å². The Hall–Kier alpha value is -0.510. The van der Waals surface area contributed by atoms with Crippen LogP contribution in [0.2, 0.25) is 0 Å². The van der Waals surface area contributed by atoms with Crippen molar-refractivity contribution in [3.8, 4) is 0 Å². The highest BCUT2D eigenvalue weighted by atomic mass is 32.2. The zero-order chi connectivity index (χ0) is 12.4. The van der Waals surface area contributed by atoms with Gasteiger partial charge in [0, 0.05) is 15.6 Å². The minimum atomic E-state index is 0.480. The molecule has 2 unspecified atom stereocenters. The van der Waals surface area contributed by atoms with Gasteiger partial charge in [-0.3, -0.25) is 0 Å². The third-order valence-corrected chi connectivity index (χ3v) is 6.14. The second-order valence-corrected chi connectivity index (χ2v) is 7.31. The molecule has 1 fully saturated rings. The fourth-order valence-corrected chi connectivity index (χ4v) is 4.78. The first-order chi connectivity index (χ1) is 8.83. The fourth-order valence-electron chi connectivity index (χ4n) is 2.40. The van der Waals surface area contributed by atoms with E-state index in [0.717, 1.165) is 5.92 Å². The van der Waals surface area contributed by atoms with E-state index in [4.69, 9.17) is 0 Å². The second-order valence-electron chi connectivity index (χ2n) is 5.05. The summed E-state index contributed by atoms with van der Waals surface area (Å²) in [6.45, 7) is 3.45. The van der Waals surface area contributed by atoms with Crippen molar-refractivity contribution in [1.82, 2.24) is 5.32 Å². The summed E-state index contributed by atoms with van der Waals surface area (Å²) in [5.41, 5.74) is 0. The molecule has 1 aromatic heterocycles. The second kappa shape index (κ2) is 5.64. The van der Waals surface area contributed by atoms with Gasteiger partial charge in [0.1, 0.15) is 0 Å². The lowest BCUT2D eigenvalue weighted by Gasteiger charge is -2.15. The van der Waals surface area contributed by atoms with Crippen LogP contribution in [-0.2, 0) is 0 Å². The van der Waals surface area contributed by atoms with E-state index in [-0.39, 0.29) is 0 Å². The Morgan fingerprint density at radius 2 is 2.28 bits per heavy atom. The average Bonchev–Trinajstić information content (AvgIpc) is 3.04. The minimum absolute atomic E-state index is 0.480. The van der Waals surface area contributed by atoms with Crippen LogP contribution in [0.5, 0.6) is 0 Å². The van der Waals surface area contributed by atoms with Gasteiger partial charge in [0.2, 0.25) is 0 Å². The molecule has 1 nitrogen and oxygen atoms in total. The summed E-state index contributed by atoms with van der Waals surface area (Å²) >= 11 is 4.02. The van der Waals surface area contributed by atoms with Crippen LogP contribution in [0.4, 0.5) is 0 Å². The molecule has 1 aliphatic heterocycles. The van der Waals surface area contributed by atoms with Crippen LogP contribution in [0.15, 0.2) is 30.3 Å². The topological polar surface area (TPSA) is 12.0 Å². The van der Waals surface area contributed by atoms with Crippen molar-refractivity contribution in [1.29, 1.82) is 0 Å². The average molecular weight is 277 g/mol. The van der Waals surface area contributed by atoms with Gasteiger partial charge in [-0.15, -0.1) is 11.3 Å². The highest BCUT2D eigenvalue weighted by Crippen LogP contribution is 2.30. The molecule has 3 heteroatoms. The molecular formula is C15H19NS2. The Kier molecular flexibility index (Phi) is 3.92. The van der Waals surface area contributed by atoms with E-state index in [9.17, 15) is 0 Å². The van der Waals surface area contributed by atoms with Crippen molar-refractivity contribution < 1.29 is 0 Å². The van der Waals surface area contributed by atoms with Gasteiger partial charge in [0.25, 0.3) is 0 Å². The van der Waals surface area contributed by atoms with E-state index in [1.807, 2.05) is 11.3 Å². The van der Waals surface area contributed by atoms with E-state index >= 15 is 0 Å². The molecular weight excluding hydrogens is 258 g/mol. The molecule has 1 N–H and O–H groups in total. The maximum absolute atomic E-state index is 3.70. The molecule has 0 bridgehead atoms. The summed E-state index contributed by atoms with van der Waals surface area (Å²) in [6.07, 6.45) is 1.39. The lowest BCUT2D eigenvalue weighted by molar-refractivity contribution is 0.481. The van der Waals surface area contributed by atoms with Crippen molar-refractivity contribution in [3.63, 3.8) is 0 Å². The molecule has 2 atom stereocenters. The Labute approximate surface area is 117 Å². The highest BCUT2D eigenvalue weighted by molar-refractivity contribution is 7.99. The van der Waals surface area contributed by atoms with Gasteiger partial charge in [-0.1, -0.05) is 18.2 Å². The van der Waals surface area contributed by atoms with E-state index in [0.29, 0.717) is 6.04 Å². The number of fused-ring (bicyclic) bond motifs is 1. The molecule has 96 valence electrons. The van der Waals surface area contributed by atoms with E-state index < -0.39 is 0 Å². The van der Waals surface area contributed by atoms with Crippen LogP contribution in [0.1, 0.15) is 24.3 Å². The van der Waals surface area contributed by atoms with Gasteiger partial charge in [0.05, 0.1) is 0 Å². The third-order valence-electron chi connectivity index (χ3n) is 3.61. The van der Waals surface area contributed by atoms with Crippen LogP contribution in [-0.4, -0.2) is 18.1 Å². The summed E-state index contributed by atoms with van der Waals surface area (Å²) in [5.74, 6) is 3.57. The van der Waals surface area contributed by atoms with Crippen molar-refractivity contribution in [2.75, 3.05) is 18.1 Å². The number of benzene rings is 1. The van der Waals surface area contributed by atoms with Crippen LogP contribution in [0.25, 0.3) is 10.1 Å². The number of hydrogen-bond donors (Lipinski definition) is 1. The Balaban J connectivity index is 1.65. The lowest BCUT2D eigenvalue weighted by atomic mass is 10.1. The summed E-state index contributed by atoms with van der Waals surface area (Å²) in [7, 11) is 0. The quantitative estimate of drug-likeness (QED) is 0.894. The smallest absolute Gasteiger partial charge is 0.0386 e. The zero-order valence-corrected chi connectivity index (χ0v) is 12.3. The van der Waals surface area contributed by atoms with Gasteiger partial charge in [0.15, 0.2) is 0 Å². The highest BCUT2D eigenvalue weighted by Gasteiger charge is 2.17.